The summed E-state index contributed by atoms with van der Waals surface area (Å²) in [7, 11) is 0. The van der Waals surface area contributed by atoms with E-state index in [-0.39, 0.29) is 11.1 Å². The molecule has 0 aliphatic carbocycles. The quantitative estimate of drug-likeness (QED) is 0.764. The molecule has 0 aliphatic rings. The summed E-state index contributed by atoms with van der Waals surface area (Å²) in [5, 5.41) is 3.87. The fourth-order valence-electron chi connectivity index (χ4n) is 2.06. The molecule has 0 bridgehead atoms. The lowest BCUT2D eigenvalue weighted by Crippen LogP contribution is -2.21. The van der Waals surface area contributed by atoms with Gasteiger partial charge in [0.1, 0.15) is 5.82 Å². The maximum atomic E-state index is 13.5. The van der Waals surface area contributed by atoms with Gasteiger partial charge in [0.2, 0.25) is 0 Å². The predicted octanol–water partition coefficient (Wildman–Crippen LogP) is 5.03. The van der Waals surface area contributed by atoms with Gasteiger partial charge < -0.3 is 5.32 Å². The Morgan fingerprint density at radius 3 is 2.50 bits per heavy atom. The zero-order chi connectivity index (χ0) is 14.5. The first kappa shape index (κ1) is 15.3. The number of benzene rings is 2. The van der Waals surface area contributed by atoms with Crippen molar-refractivity contribution in [2.24, 2.45) is 0 Å². The van der Waals surface area contributed by atoms with Gasteiger partial charge in [-0.2, -0.15) is 0 Å². The van der Waals surface area contributed by atoms with Gasteiger partial charge >= 0.3 is 0 Å². The van der Waals surface area contributed by atoms with Gasteiger partial charge in [0.25, 0.3) is 0 Å². The van der Waals surface area contributed by atoms with Crippen molar-refractivity contribution in [3.8, 4) is 0 Å². The van der Waals surface area contributed by atoms with Crippen LogP contribution in [0.1, 0.15) is 24.1 Å². The third kappa shape index (κ3) is 3.95. The second kappa shape index (κ2) is 7.07. The third-order valence-electron chi connectivity index (χ3n) is 3.21. The fourth-order valence-corrected chi connectivity index (χ4v) is 2.60. The second-order valence-corrected chi connectivity index (χ2v) is 5.51. The molecular weight excluding hydrogens is 296 g/mol. The average molecular weight is 312 g/mol. The number of nitrogens with one attached hydrogen (secondary N) is 1. The van der Waals surface area contributed by atoms with Crippen LogP contribution in [0.25, 0.3) is 0 Å². The van der Waals surface area contributed by atoms with Crippen molar-refractivity contribution in [1.29, 1.82) is 0 Å². The highest BCUT2D eigenvalue weighted by atomic mass is 35.5. The van der Waals surface area contributed by atoms with Crippen LogP contribution in [0.5, 0.6) is 0 Å². The summed E-state index contributed by atoms with van der Waals surface area (Å²) in [5.74, 6) is -0.442. The first-order valence-corrected chi connectivity index (χ1v) is 7.25. The van der Waals surface area contributed by atoms with E-state index in [1.54, 1.807) is 0 Å². The van der Waals surface area contributed by atoms with Crippen LogP contribution in [-0.2, 0) is 6.42 Å². The van der Waals surface area contributed by atoms with Crippen LogP contribution >= 0.6 is 23.2 Å². The SMILES string of the molecule is CC(NCCc1ccccc1)c1cc(F)c(Cl)cc1Cl. The standard InChI is InChI=1S/C16H16Cl2FN/c1-11(13-9-16(19)15(18)10-14(13)17)20-8-7-12-5-3-2-4-6-12/h2-6,9-11,20H,7-8H2,1H3. The van der Waals surface area contributed by atoms with E-state index in [9.17, 15) is 4.39 Å². The summed E-state index contributed by atoms with van der Waals surface area (Å²) in [4.78, 5) is 0. The zero-order valence-electron chi connectivity index (χ0n) is 11.2. The molecule has 20 heavy (non-hydrogen) atoms. The van der Waals surface area contributed by atoms with Crippen LogP contribution in [-0.4, -0.2) is 6.54 Å². The molecule has 0 spiro atoms. The summed E-state index contributed by atoms with van der Waals surface area (Å²) in [5.41, 5.74) is 1.99. The van der Waals surface area contributed by atoms with Crippen LogP contribution in [0.4, 0.5) is 4.39 Å². The molecule has 0 fully saturated rings. The summed E-state index contributed by atoms with van der Waals surface area (Å²) in [6.07, 6.45) is 0.916. The Morgan fingerprint density at radius 2 is 1.80 bits per heavy atom. The van der Waals surface area contributed by atoms with Gasteiger partial charge in [-0.15, -0.1) is 0 Å². The lowest BCUT2D eigenvalue weighted by atomic mass is 10.1. The number of rotatable bonds is 5. The minimum atomic E-state index is -0.442. The van der Waals surface area contributed by atoms with Gasteiger partial charge in [0, 0.05) is 11.1 Å². The van der Waals surface area contributed by atoms with Crippen molar-refractivity contribution in [3.63, 3.8) is 0 Å². The van der Waals surface area contributed by atoms with Crippen LogP contribution in [0, 0.1) is 5.82 Å². The monoisotopic (exact) mass is 311 g/mol. The molecule has 0 aromatic heterocycles. The van der Waals surface area contributed by atoms with E-state index in [0.29, 0.717) is 5.02 Å². The van der Waals surface area contributed by atoms with Crippen molar-refractivity contribution in [3.05, 3.63) is 69.5 Å². The average Bonchev–Trinajstić information content (AvgIpc) is 2.44. The predicted molar refractivity (Wildman–Crippen MR) is 83.0 cm³/mol. The zero-order valence-corrected chi connectivity index (χ0v) is 12.7. The first-order chi connectivity index (χ1) is 9.58. The van der Waals surface area contributed by atoms with Gasteiger partial charge in [0.05, 0.1) is 5.02 Å². The first-order valence-electron chi connectivity index (χ1n) is 6.49. The highest BCUT2D eigenvalue weighted by Crippen LogP contribution is 2.28. The molecular formula is C16H16Cl2FN. The molecule has 1 atom stereocenters. The molecule has 0 saturated carbocycles. The lowest BCUT2D eigenvalue weighted by Gasteiger charge is -2.16. The van der Waals surface area contributed by atoms with Crippen molar-refractivity contribution in [2.75, 3.05) is 6.54 Å². The number of hydrogen-bond donors (Lipinski definition) is 1. The Kier molecular flexibility index (Phi) is 5.41. The smallest absolute Gasteiger partial charge is 0.142 e. The molecule has 1 nitrogen and oxygen atoms in total. The largest absolute Gasteiger partial charge is 0.310 e. The van der Waals surface area contributed by atoms with Crippen molar-refractivity contribution in [2.45, 2.75) is 19.4 Å². The maximum Gasteiger partial charge on any atom is 0.142 e. The van der Waals surface area contributed by atoms with Crippen LogP contribution in [0.2, 0.25) is 10.0 Å². The lowest BCUT2D eigenvalue weighted by molar-refractivity contribution is 0.567. The minimum Gasteiger partial charge on any atom is -0.310 e. The van der Waals surface area contributed by atoms with Gasteiger partial charge in [-0.3, -0.25) is 0 Å². The maximum absolute atomic E-state index is 13.5. The van der Waals surface area contributed by atoms with E-state index in [0.717, 1.165) is 18.5 Å². The summed E-state index contributed by atoms with van der Waals surface area (Å²) in [6.45, 7) is 2.76. The summed E-state index contributed by atoms with van der Waals surface area (Å²) in [6, 6.07) is 13.0. The van der Waals surface area contributed by atoms with Gasteiger partial charge in [-0.05, 0) is 43.1 Å². The molecule has 0 heterocycles. The molecule has 2 aromatic carbocycles. The van der Waals surface area contributed by atoms with Crippen LogP contribution < -0.4 is 5.32 Å². The normalized spacial score (nSPS) is 12.4. The Bertz CT molecular complexity index is 572. The molecule has 106 valence electrons. The van der Waals surface area contributed by atoms with Gasteiger partial charge in [0.15, 0.2) is 0 Å². The number of hydrogen-bond acceptors (Lipinski definition) is 1. The molecule has 4 heteroatoms. The van der Waals surface area contributed by atoms with Crippen molar-refractivity contribution < 1.29 is 4.39 Å². The summed E-state index contributed by atoms with van der Waals surface area (Å²) >= 11 is 11.8. The highest BCUT2D eigenvalue weighted by molar-refractivity contribution is 6.35. The van der Waals surface area contributed by atoms with Gasteiger partial charge in [-0.25, -0.2) is 4.39 Å². The van der Waals surface area contributed by atoms with E-state index in [1.807, 2.05) is 25.1 Å². The van der Waals surface area contributed by atoms with E-state index >= 15 is 0 Å². The van der Waals surface area contributed by atoms with Crippen LogP contribution in [0.3, 0.4) is 0 Å². The van der Waals surface area contributed by atoms with Crippen molar-refractivity contribution >= 4 is 23.2 Å². The van der Waals surface area contributed by atoms with Gasteiger partial charge in [-0.1, -0.05) is 53.5 Å². The topological polar surface area (TPSA) is 12.0 Å². The molecule has 2 aromatic rings. The van der Waals surface area contributed by atoms with Crippen molar-refractivity contribution in [1.82, 2.24) is 5.32 Å². The Labute approximate surface area is 128 Å². The molecule has 1 N–H and O–H groups in total. The molecule has 0 amide bonds. The number of halogens is 3. The Morgan fingerprint density at radius 1 is 1.10 bits per heavy atom. The molecule has 1 unspecified atom stereocenters. The molecule has 0 aliphatic heterocycles. The fraction of sp³-hybridized carbons (Fsp3) is 0.250. The Balaban J connectivity index is 1.95. The third-order valence-corrected chi connectivity index (χ3v) is 3.83. The van der Waals surface area contributed by atoms with E-state index < -0.39 is 5.82 Å². The van der Waals surface area contributed by atoms with E-state index in [4.69, 9.17) is 23.2 Å². The second-order valence-electron chi connectivity index (χ2n) is 4.70. The van der Waals surface area contributed by atoms with E-state index in [2.05, 4.69) is 17.4 Å². The highest BCUT2D eigenvalue weighted by Gasteiger charge is 2.12. The van der Waals surface area contributed by atoms with E-state index in [1.165, 1.54) is 17.7 Å². The Hall–Kier alpha value is -1.09. The minimum absolute atomic E-state index is 0.0296. The molecule has 0 saturated heterocycles. The van der Waals surface area contributed by atoms with Crippen LogP contribution in [0.15, 0.2) is 42.5 Å². The molecule has 0 radical (unpaired) electrons. The molecule has 2 rings (SSSR count). The summed E-state index contributed by atoms with van der Waals surface area (Å²) < 4.78 is 13.5.